The van der Waals surface area contributed by atoms with E-state index in [9.17, 15) is 19.2 Å². The van der Waals surface area contributed by atoms with Gasteiger partial charge in [0.1, 0.15) is 6.10 Å². The minimum Gasteiger partial charge on any atom is -0.472 e. The van der Waals surface area contributed by atoms with Gasteiger partial charge in [-0.3, -0.25) is 19.2 Å². The normalized spacial score (nSPS) is 32.9. The fraction of sp³-hybridized carbons (Fsp3) is 0.407. The van der Waals surface area contributed by atoms with Gasteiger partial charge in [0, 0.05) is 23.1 Å². The van der Waals surface area contributed by atoms with Crippen LogP contribution in [0.25, 0.3) is 0 Å². The molecule has 2 aromatic rings. The summed E-state index contributed by atoms with van der Waals surface area (Å²) < 4.78 is 21.3. The summed E-state index contributed by atoms with van der Waals surface area (Å²) in [6, 6.07) is 10.5. The standard InChI is InChI=1S/C27H28N2O8/c1-34-24(32)18-12-19(36-21(30)11-15-5-3-2-4-6-15)22(31)23-26(18,28)9-7-17-25(33)37-20(13-27(17,23)29)16-8-10-35-14-16/h2-6,8,10,12,14,17-18,20,23H,7,9,11,13,28-29H2,1H3/t17-,18-,20-,23-,26+,27+/m0/s1. The molecule has 3 aliphatic rings. The van der Waals surface area contributed by atoms with Gasteiger partial charge < -0.3 is 30.1 Å². The first-order valence-corrected chi connectivity index (χ1v) is 12.1. The highest BCUT2D eigenvalue weighted by molar-refractivity contribution is 6.03. The van der Waals surface area contributed by atoms with Crippen molar-refractivity contribution in [2.45, 2.75) is 42.9 Å². The molecule has 2 fully saturated rings. The number of carbonyl (C=O) groups excluding carboxylic acids is 4. The first-order chi connectivity index (χ1) is 17.7. The van der Waals surface area contributed by atoms with Gasteiger partial charge in [0.15, 0.2) is 5.76 Å². The highest BCUT2D eigenvalue weighted by Crippen LogP contribution is 2.55. The van der Waals surface area contributed by atoms with E-state index in [0.717, 1.165) is 0 Å². The van der Waals surface area contributed by atoms with Crippen LogP contribution in [0.4, 0.5) is 0 Å². The van der Waals surface area contributed by atoms with Gasteiger partial charge in [0.2, 0.25) is 5.78 Å². The number of esters is 3. The lowest BCUT2D eigenvalue weighted by Gasteiger charge is -2.58. The minimum absolute atomic E-state index is 0.0669. The molecule has 1 saturated carbocycles. The zero-order valence-corrected chi connectivity index (χ0v) is 20.3. The zero-order valence-electron chi connectivity index (χ0n) is 20.3. The van der Waals surface area contributed by atoms with Crippen LogP contribution >= 0.6 is 0 Å². The van der Waals surface area contributed by atoms with Crippen molar-refractivity contribution >= 4 is 23.7 Å². The number of furan rings is 1. The van der Waals surface area contributed by atoms with Gasteiger partial charge in [-0.2, -0.15) is 0 Å². The number of methoxy groups -OCH3 is 1. The van der Waals surface area contributed by atoms with Crippen LogP contribution in [0.1, 0.15) is 36.5 Å². The van der Waals surface area contributed by atoms with E-state index in [1.807, 2.05) is 6.07 Å². The molecule has 194 valence electrons. The lowest BCUT2D eigenvalue weighted by Crippen LogP contribution is -2.76. The van der Waals surface area contributed by atoms with E-state index in [1.54, 1.807) is 30.3 Å². The highest BCUT2D eigenvalue weighted by Gasteiger charge is 2.67. The third kappa shape index (κ3) is 4.15. The second kappa shape index (κ2) is 9.28. The van der Waals surface area contributed by atoms with Crippen LogP contribution in [0.3, 0.4) is 0 Å². The van der Waals surface area contributed by atoms with Gasteiger partial charge in [-0.25, -0.2) is 0 Å². The molecule has 2 heterocycles. The molecule has 6 atom stereocenters. The van der Waals surface area contributed by atoms with Crippen molar-refractivity contribution in [3.05, 3.63) is 71.9 Å². The zero-order chi connectivity index (χ0) is 26.4. The summed E-state index contributed by atoms with van der Waals surface area (Å²) in [5.41, 5.74) is 12.1. The van der Waals surface area contributed by atoms with E-state index < -0.39 is 58.6 Å². The summed E-state index contributed by atoms with van der Waals surface area (Å²) in [6.07, 6.45) is 3.71. The summed E-state index contributed by atoms with van der Waals surface area (Å²) >= 11 is 0. The van der Waals surface area contributed by atoms with Crippen LogP contribution in [0.2, 0.25) is 0 Å². The average molecular weight is 509 g/mol. The van der Waals surface area contributed by atoms with Crippen molar-refractivity contribution < 1.29 is 37.8 Å². The van der Waals surface area contributed by atoms with Crippen molar-refractivity contribution in [1.29, 1.82) is 0 Å². The van der Waals surface area contributed by atoms with E-state index in [0.29, 0.717) is 11.1 Å². The Bertz CT molecular complexity index is 1260. The van der Waals surface area contributed by atoms with Crippen molar-refractivity contribution in [3.8, 4) is 0 Å². The maximum Gasteiger partial charge on any atom is 0.315 e. The number of fused-ring (bicyclic) bond motifs is 3. The lowest BCUT2D eigenvalue weighted by atomic mass is 9.50. The number of nitrogens with two attached hydrogens (primary N) is 2. The quantitative estimate of drug-likeness (QED) is 0.449. The highest BCUT2D eigenvalue weighted by atomic mass is 16.6. The topological polar surface area (TPSA) is 161 Å². The van der Waals surface area contributed by atoms with Gasteiger partial charge in [-0.1, -0.05) is 30.3 Å². The Kier molecular flexibility index (Phi) is 6.25. The number of rotatable bonds is 5. The van der Waals surface area contributed by atoms with E-state index in [2.05, 4.69) is 0 Å². The molecule has 1 aromatic heterocycles. The predicted octanol–water partition coefficient (Wildman–Crippen LogP) is 1.73. The first-order valence-electron chi connectivity index (χ1n) is 12.1. The van der Waals surface area contributed by atoms with Gasteiger partial charge in [0.05, 0.1) is 43.8 Å². The van der Waals surface area contributed by atoms with Gasteiger partial charge in [-0.05, 0) is 30.5 Å². The lowest BCUT2D eigenvalue weighted by molar-refractivity contribution is -0.180. The number of cyclic esters (lactones) is 1. The fourth-order valence-electron chi connectivity index (χ4n) is 6.11. The SMILES string of the molecule is COC(=O)[C@@H]1C=C(OC(=O)Cc2ccccc2)C(=O)[C@H]2[C@@]1(N)CC[C@H]1C(=O)O[C@H](c3ccoc3)C[C@]21N. The van der Waals surface area contributed by atoms with Crippen molar-refractivity contribution in [2.75, 3.05) is 7.11 Å². The number of hydrogen-bond donors (Lipinski definition) is 2. The molecule has 1 aliphatic heterocycles. The fourth-order valence-corrected chi connectivity index (χ4v) is 6.11. The molecule has 10 nitrogen and oxygen atoms in total. The second-order valence-corrected chi connectivity index (χ2v) is 9.97. The van der Waals surface area contributed by atoms with Crippen molar-refractivity contribution in [1.82, 2.24) is 0 Å². The smallest absolute Gasteiger partial charge is 0.315 e. The summed E-state index contributed by atoms with van der Waals surface area (Å²) in [6.45, 7) is 0. The van der Waals surface area contributed by atoms with Crippen LogP contribution in [0.15, 0.2) is 65.2 Å². The molecular formula is C27H28N2O8. The molecule has 0 radical (unpaired) electrons. The van der Waals surface area contributed by atoms with Gasteiger partial charge in [0.25, 0.3) is 0 Å². The number of ether oxygens (including phenoxy) is 3. The summed E-state index contributed by atoms with van der Waals surface area (Å²) in [5.74, 6) is -6.05. The molecule has 1 aromatic carbocycles. The molecule has 37 heavy (non-hydrogen) atoms. The van der Waals surface area contributed by atoms with Gasteiger partial charge >= 0.3 is 17.9 Å². The van der Waals surface area contributed by atoms with Crippen LogP contribution in [0.5, 0.6) is 0 Å². The number of benzene rings is 1. The summed E-state index contributed by atoms with van der Waals surface area (Å²) in [4.78, 5) is 52.7. The number of hydrogen-bond acceptors (Lipinski definition) is 10. The predicted molar refractivity (Wildman–Crippen MR) is 127 cm³/mol. The minimum atomic E-state index is -1.47. The first kappa shape index (κ1) is 24.9. The third-order valence-corrected chi connectivity index (χ3v) is 7.86. The molecule has 0 bridgehead atoms. The number of allylic oxidation sites excluding steroid dienone is 1. The average Bonchev–Trinajstić information content (AvgIpc) is 3.40. The molecule has 5 rings (SSSR count). The maximum atomic E-state index is 13.9. The molecule has 2 aliphatic carbocycles. The van der Waals surface area contributed by atoms with E-state index in [1.165, 1.54) is 25.7 Å². The van der Waals surface area contributed by atoms with E-state index in [4.69, 9.17) is 30.1 Å². The molecule has 4 N–H and O–H groups in total. The van der Waals surface area contributed by atoms with Crippen LogP contribution in [-0.2, 0) is 39.8 Å². The molecule has 0 amide bonds. The Morgan fingerprint density at radius 3 is 2.54 bits per heavy atom. The molecular weight excluding hydrogens is 480 g/mol. The van der Waals surface area contributed by atoms with Crippen molar-refractivity contribution in [2.24, 2.45) is 29.2 Å². The maximum absolute atomic E-state index is 13.9. The second-order valence-electron chi connectivity index (χ2n) is 9.97. The van der Waals surface area contributed by atoms with Crippen molar-refractivity contribution in [3.63, 3.8) is 0 Å². The molecule has 0 unspecified atom stereocenters. The summed E-state index contributed by atoms with van der Waals surface area (Å²) in [5, 5.41) is 0. The Morgan fingerprint density at radius 1 is 1.11 bits per heavy atom. The van der Waals surface area contributed by atoms with Crippen LogP contribution < -0.4 is 11.5 Å². The third-order valence-electron chi connectivity index (χ3n) is 7.86. The monoisotopic (exact) mass is 508 g/mol. The van der Waals surface area contributed by atoms with Crippen LogP contribution in [0, 0.1) is 17.8 Å². The molecule has 1 saturated heterocycles. The number of carbonyl (C=O) groups is 4. The Labute approximate surface area is 212 Å². The van der Waals surface area contributed by atoms with Gasteiger partial charge in [-0.15, -0.1) is 0 Å². The molecule has 0 spiro atoms. The van der Waals surface area contributed by atoms with E-state index >= 15 is 0 Å². The Hall–Kier alpha value is -3.76. The molecule has 10 heteroatoms. The Morgan fingerprint density at radius 2 is 1.86 bits per heavy atom. The van der Waals surface area contributed by atoms with Crippen LogP contribution in [-0.4, -0.2) is 41.9 Å². The van der Waals surface area contributed by atoms with E-state index in [-0.39, 0.29) is 31.4 Å². The summed E-state index contributed by atoms with van der Waals surface area (Å²) in [7, 11) is 1.21. The number of ketones is 1. The Balaban J connectivity index is 1.52. The number of Topliss-reactive ketones (excluding diaryl/α,β-unsaturated/α-hetero) is 1. The largest absolute Gasteiger partial charge is 0.472 e.